The van der Waals surface area contributed by atoms with E-state index < -0.39 is 0 Å². The summed E-state index contributed by atoms with van der Waals surface area (Å²) in [6.45, 7) is 2.15. The van der Waals surface area contributed by atoms with Crippen LogP contribution in [0, 0.1) is 0 Å². The Hall–Kier alpha value is -2.20. The van der Waals surface area contributed by atoms with E-state index in [-0.39, 0.29) is 5.91 Å². The molecule has 0 bridgehead atoms. The average Bonchev–Trinajstić information content (AvgIpc) is 2.56. The van der Waals surface area contributed by atoms with Crippen molar-refractivity contribution in [2.45, 2.75) is 18.8 Å². The first-order valence-corrected chi connectivity index (χ1v) is 7.74. The highest BCUT2D eigenvalue weighted by atomic mass is 16.1. The number of nitrogens with zero attached hydrogens (tertiary/aromatic N) is 2. The van der Waals surface area contributed by atoms with Gasteiger partial charge in [-0.05, 0) is 50.7 Å². The van der Waals surface area contributed by atoms with Crippen molar-refractivity contribution in [1.29, 1.82) is 0 Å². The molecule has 114 valence electrons. The van der Waals surface area contributed by atoms with Crippen molar-refractivity contribution in [3.8, 4) is 0 Å². The summed E-state index contributed by atoms with van der Waals surface area (Å²) in [5.41, 5.74) is 2.29. The molecule has 0 unspecified atom stereocenters. The number of amides is 1. The van der Waals surface area contributed by atoms with E-state index in [2.05, 4.69) is 22.2 Å². The van der Waals surface area contributed by atoms with Crippen molar-refractivity contribution in [3.05, 3.63) is 59.9 Å². The molecule has 0 spiro atoms. The molecular formula is C18H21N3O. The van der Waals surface area contributed by atoms with Crippen LogP contribution in [0.25, 0.3) is 0 Å². The Morgan fingerprint density at radius 2 is 2.00 bits per heavy atom. The van der Waals surface area contributed by atoms with Crippen LogP contribution >= 0.6 is 0 Å². The summed E-state index contributed by atoms with van der Waals surface area (Å²) in [6, 6.07) is 15.2. The van der Waals surface area contributed by atoms with Crippen LogP contribution in [0.3, 0.4) is 0 Å². The molecule has 4 heteroatoms. The molecular weight excluding hydrogens is 274 g/mol. The number of hydrogen-bond donors (Lipinski definition) is 1. The summed E-state index contributed by atoms with van der Waals surface area (Å²) in [4.78, 5) is 19.2. The van der Waals surface area contributed by atoms with Gasteiger partial charge < -0.3 is 10.2 Å². The Labute approximate surface area is 131 Å². The maximum Gasteiger partial charge on any atom is 0.274 e. The van der Waals surface area contributed by atoms with E-state index in [0.717, 1.165) is 30.9 Å². The molecule has 1 aromatic heterocycles. The number of rotatable bonds is 3. The van der Waals surface area contributed by atoms with Crippen molar-refractivity contribution < 1.29 is 4.79 Å². The van der Waals surface area contributed by atoms with E-state index in [9.17, 15) is 4.79 Å². The van der Waals surface area contributed by atoms with E-state index >= 15 is 0 Å². The fourth-order valence-electron chi connectivity index (χ4n) is 2.93. The summed E-state index contributed by atoms with van der Waals surface area (Å²) in [5.74, 6) is 0.264. The quantitative estimate of drug-likeness (QED) is 0.946. The first-order chi connectivity index (χ1) is 10.7. The van der Waals surface area contributed by atoms with Gasteiger partial charge in [-0.3, -0.25) is 4.79 Å². The molecule has 1 fully saturated rings. The Morgan fingerprint density at radius 1 is 1.18 bits per heavy atom. The second kappa shape index (κ2) is 6.71. The largest absolute Gasteiger partial charge is 0.321 e. The van der Waals surface area contributed by atoms with Gasteiger partial charge in [0.25, 0.3) is 5.91 Å². The van der Waals surface area contributed by atoms with E-state index in [1.54, 1.807) is 6.07 Å². The molecule has 1 saturated heterocycles. The number of anilines is 1. The molecule has 1 N–H and O–H groups in total. The lowest BCUT2D eigenvalue weighted by Crippen LogP contribution is -2.31. The van der Waals surface area contributed by atoms with Crippen LogP contribution in [0.15, 0.2) is 48.5 Å². The highest BCUT2D eigenvalue weighted by Gasteiger charge is 2.21. The number of piperidine rings is 1. The summed E-state index contributed by atoms with van der Waals surface area (Å²) < 4.78 is 0. The number of benzene rings is 1. The van der Waals surface area contributed by atoms with Crippen molar-refractivity contribution in [2.75, 3.05) is 25.5 Å². The van der Waals surface area contributed by atoms with E-state index in [4.69, 9.17) is 0 Å². The van der Waals surface area contributed by atoms with Crippen LogP contribution < -0.4 is 5.32 Å². The Kier molecular flexibility index (Phi) is 4.49. The van der Waals surface area contributed by atoms with Gasteiger partial charge >= 0.3 is 0 Å². The van der Waals surface area contributed by atoms with E-state index in [1.165, 1.54) is 6.42 Å². The molecule has 1 aliphatic rings. The molecule has 1 amide bonds. The predicted octanol–water partition coefficient (Wildman–Crippen LogP) is 3.14. The Morgan fingerprint density at radius 3 is 2.77 bits per heavy atom. The summed E-state index contributed by atoms with van der Waals surface area (Å²) in [5, 5.41) is 2.89. The zero-order valence-electron chi connectivity index (χ0n) is 12.8. The Bertz CT molecular complexity index is 642. The smallest absolute Gasteiger partial charge is 0.274 e. The van der Waals surface area contributed by atoms with Crippen molar-refractivity contribution in [1.82, 2.24) is 9.88 Å². The molecule has 22 heavy (non-hydrogen) atoms. The van der Waals surface area contributed by atoms with Gasteiger partial charge in [0.1, 0.15) is 5.69 Å². The van der Waals surface area contributed by atoms with Gasteiger partial charge in [0.05, 0.1) is 0 Å². The van der Waals surface area contributed by atoms with Gasteiger partial charge in [-0.15, -0.1) is 0 Å². The van der Waals surface area contributed by atoms with Crippen LogP contribution in [0.1, 0.15) is 34.9 Å². The summed E-state index contributed by atoms with van der Waals surface area (Å²) in [6.07, 6.45) is 2.32. The van der Waals surface area contributed by atoms with Gasteiger partial charge in [-0.25, -0.2) is 4.98 Å². The molecule has 2 aromatic rings. The predicted molar refractivity (Wildman–Crippen MR) is 88.1 cm³/mol. The monoisotopic (exact) mass is 295 g/mol. The minimum Gasteiger partial charge on any atom is -0.321 e. The third-order valence-electron chi connectivity index (χ3n) is 4.08. The Balaban J connectivity index is 1.74. The molecule has 0 aliphatic carbocycles. The van der Waals surface area contributed by atoms with Gasteiger partial charge in [0.2, 0.25) is 0 Å². The molecule has 1 atom stereocenters. The maximum atomic E-state index is 12.3. The molecule has 3 rings (SSSR count). The minimum absolute atomic E-state index is 0.155. The molecule has 1 aliphatic heterocycles. The van der Waals surface area contributed by atoms with Gasteiger partial charge in [-0.2, -0.15) is 0 Å². The topological polar surface area (TPSA) is 45.2 Å². The standard InChI is InChI=1S/C18H21N3O/c1-21-12-6-7-14(13-21)16-10-5-11-17(20-16)18(22)19-15-8-3-2-4-9-15/h2-5,8-11,14H,6-7,12-13H2,1H3,(H,19,22)/t14-/m0/s1. The molecule has 4 nitrogen and oxygen atoms in total. The minimum atomic E-state index is -0.155. The number of carbonyl (C=O) groups is 1. The third kappa shape index (κ3) is 3.52. The number of nitrogens with one attached hydrogen (secondary N) is 1. The van der Waals surface area contributed by atoms with Crippen LogP contribution in [0.5, 0.6) is 0 Å². The number of carbonyl (C=O) groups excluding carboxylic acids is 1. The number of likely N-dealkylation sites (N-methyl/N-ethyl adjacent to an activating group) is 1. The number of hydrogen-bond acceptors (Lipinski definition) is 3. The molecule has 2 heterocycles. The van der Waals surface area contributed by atoms with Gasteiger partial charge in [0, 0.05) is 23.8 Å². The maximum absolute atomic E-state index is 12.3. The van der Waals surface area contributed by atoms with Crippen molar-refractivity contribution >= 4 is 11.6 Å². The zero-order chi connectivity index (χ0) is 15.4. The second-order valence-corrected chi connectivity index (χ2v) is 5.87. The number of pyridine rings is 1. The lowest BCUT2D eigenvalue weighted by atomic mass is 9.94. The third-order valence-corrected chi connectivity index (χ3v) is 4.08. The lowest BCUT2D eigenvalue weighted by Gasteiger charge is -2.29. The average molecular weight is 295 g/mol. The molecule has 0 saturated carbocycles. The number of aromatic nitrogens is 1. The van der Waals surface area contributed by atoms with Crippen LogP contribution in [0.2, 0.25) is 0 Å². The second-order valence-electron chi connectivity index (χ2n) is 5.87. The normalized spacial score (nSPS) is 18.9. The van der Waals surface area contributed by atoms with Gasteiger partial charge in [-0.1, -0.05) is 24.3 Å². The van der Waals surface area contributed by atoms with Crippen molar-refractivity contribution in [2.24, 2.45) is 0 Å². The van der Waals surface area contributed by atoms with Crippen LogP contribution in [0.4, 0.5) is 5.69 Å². The van der Waals surface area contributed by atoms with E-state index in [1.807, 2.05) is 42.5 Å². The fourth-order valence-corrected chi connectivity index (χ4v) is 2.93. The fraction of sp³-hybridized carbons (Fsp3) is 0.333. The van der Waals surface area contributed by atoms with Crippen LogP contribution in [-0.4, -0.2) is 35.9 Å². The number of likely N-dealkylation sites (tertiary alicyclic amines) is 1. The first kappa shape index (κ1) is 14.7. The molecule has 0 radical (unpaired) electrons. The highest BCUT2D eigenvalue weighted by Crippen LogP contribution is 2.24. The first-order valence-electron chi connectivity index (χ1n) is 7.74. The lowest BCUT2D eigenvalue weighted by molar-refractivity contribution is 0.102. The highest BCUT2D eigenvalue weighted by molar-refractivity contribution is 6.02. The summed E-state index contributed by atoms with van der Waals surface area (Å²) >= 11 is 0. The SMILES string of the molecule is CN1CCC[C@H](c2cccc(C(=O)Nc3ccccc3)n2)C1. The zero-order valence-corrected chi connectivity index (χ0v) is 12.8. The number of para-hydroxylation sites is 1. The van der Waals surface area contributed by atoms with Crippen molar-refractivity contribution in [3.63, 3.8) is 0 Å². The molecule has 1 aromatic carbocycles. The van der Waals surface area contributed by atoms with Crippen LogP contribution in [-0.2, 0) is 0 Å². The summed E-state index contributed by atoms with van der Waals surface area (Å²) in [7, 11) is 2.14. The van der Waals surface area contributed by atoms with Gasteiger partial charge in [0.15, 0.2) is 0 Å². The van der Waals surface area contributed by atoms with E-state index in [0.29, 0.717) is 11.6 Å².